The highest BCUT2D eigenvalue weighted by Gasteiger charge is 2.19. The Morgan fingerprint density at radius 1 is 1.18 bits per heavy atom. The van der Waals surface area contributed by atoms with E-state index in [1.807, 2.05) is 19.1 Å². The lowest BCUT2D eigenvalue weighted by Crippen LogP contribution is -2.14. The first-order valence-corrected chi connectivity index (χ1v) is 6.23. The van der Waals surface area contributed by atoms with Crippen molar-refractivity contribution in [2.45, 2.75) is 19.4 Å². The largest absolute Gasteiger partial charge is 0.319 e. The van der Waals surface area contributed by atoms with Crippen LogP contribution in [0.25, 0.3) is 0 Å². The Labute approximate surface area is 103 Å². The standard InChI is InChI=1S/C13H13F2NS/c1-2-8-6-7-11(17-8)13(16)12-9(14)4-3-5-10(12)15/h3-7,13H,2,16H2,1H3. The number of rotatable bonds is 3. The van der Waals surface area contributed by atoms with E-state index in [-0.39, 0.29) is 5.56 Å². The van der Waals surface area contributed by atoms with Gasteiger partial charge in [0.1, 0.15) is 11.6 Å². The fourth-order valence-corrected chi connectivity index (χ4v) is 2.67. The van der Waals surface area contributed by atoms with E-state index in [0.29, 0.717) is 0 Å². The van der Waals surface area contributed by atoms with Gasteiger partial charge in [-0.25, -0.2) is 8.78 Å². The van der Waals surface area contributed by atoms with E-state index >= 15 is 0 Å². The molecule has 0 saturated heterocycles. The van der Waals surface area contributed by atoms with E-state index in [1.165, 1.54) is 29.5 Å². The van der Waals surface area contributed by atoms with Crippen molar-refractivity contribution in [2.24, 2.45) is 5.73 Å². The van der Waals surface area contributed by atoms with E-state index in [0.717, 1.165) is 16.2 Å². The van der Waals surface area contributed by atoms with Crippen LogP contribution in [-0.2, 0) is 6.42 Å². The quantitative estimate of drug-likeness (QED) is 0.888. The topological polar surface area (TPSA) is 26.0 Å². The molecule has 1 unspecified atom stereocenters. The molecule has 4 heteroatoms. The molecule has 0 spiro atoms. The Morgan fingerprint density at radius 3 is 2.35 bits per heavy atom. The zero-order valence-corrected chi connectivity index (χ0v) is 10.2. The maximum absolute atomic E-state index is 13.6. The molecule has 1 nitrogen and oxygen atoms in total. The normalized spacial score (nSPS) is 12.7. The smallest absolute Gasteiger partial charge is 0.131 e. The van der Waals surface area contributed by atoms with Gasteiger partial charge in [-0.05, 0) is 30.7 Å². The summed E-state index contributed by atoms with van der Waals surface area (Å²) in [6.07, 6.45) is 0.900. The van der Waals surface area contributed by atoms with Crippen LogP contribution < -0.4 is 5.73 Å². The predicted molar refractivity (Wildman–Crippen MR) is 66.1 cm³/mol. The fraction of sp³-hybridized carbons (Fsp3) is 0.231. The Kier molecular flexibility index (Phi) is 3.54. The zero-order chi connectivity index (χ0) is 12.4. The van der Waals surface area contributed by atoms with Gasteiger partial charge >= 0.3 is 0 Å². The van der Waals surface area contributed by atoms with Gasteiger partial charge in [0.25, 0.3) is 0 Å². The van der Waals surface area contributed by atoms with Gasteiger partial charge in [0, 0.05) is 15.3 Å². The van der Waals surface area contributed by atoms with E-state index in [9.17, 15) is 8.78 Å². The number of hydrogen-bond donors (Lipinski definition) is 1. The lowest BCUT2D eigenvalue weighted by atomic mass is 10.1. The minimum absolute atomic E-state index is 0.0583. The molecular formula is C13H13F2NS. The first kappa shape index (κ1) is 12.2. The fourth-order valence-electron chi connectivity index (χ4n) is 1.70. The van der Waals surface area contributed by atoms with Crippen molar-refractivity contribution in [3.63, 3.8) is 0 Å². The maximum Gasteiger partial charge on any atom is 0.131 e. The van der Waals surface area contributed by atoms with Gasteiger partial charge in [0.15, 0.2) is 0 Å². The summed E-state index contributed by atoms with van der Waals surface area (Å²) in [6.45, 7) is 2.03. The lowest BCUT2D eigenvalue weighted by molar-refractivity contribution is 0.545. The molecule has 2 rings (SSSR count). The summed E-state index contributed by atoms with van der Waals surface area (Å²) in [4.78, 5) is 1.94. The van der Waals surface area contributed by atoms with Gasteiger partial charge in [-0.2, -0.15) is 0 Å². The van der Waals surface area contributed by atoms with Crippen LogP contribution in [0.4, 0.5) is 8.78 Å². The Bertz CT molecular complexity index is 502. The molecule has 17 heavy (non-hydrogen) atoms. The molecule has 1 aromatic carbocycles. The van der Waals surface area contributed by atoms with Crippen molar-refractivity contribution >= 4 is 11.3 Å². The summed E-state index contributed by atoms with van der Waals surface area (Å²) in [5.41, 5.74) is 5.86. The average Bonchev–Trinajstić information content (AvgIpc) is 2.77. The van der Waals surface area contributed by atoms with Gasteiger partial charge in [-0.15, -0.1) is 11.3 Å². The molecule has 0 bridgehead atoms. The number of nitrogens with two attached hydrogens (primary N) is 1. The third-order valence-corrected chi connectivity index (χ3v) is 3.96. The summed E-state index contributed by atoms with van der Waals surface area (Å²) in [5.74, 6) is -1.19. The molecule has 1 aromatic heterocycles. The summed E-state index contributed by atoms with van der Waals surface area (Å²) >= 11 is 1.49. The first-order valence-electron chi connectivity index (χ1n) is 5.41. The van der Waals surface area contributed by atoms with Crippen molar-refractivity contribution in [1.82, 2.24) is 0 Å². The van der Waals surface area contributed by atoms with Gasteiger partial charge in [0.2, 0.25) is 0 Å². The van der Waals surface area contributed by atoms with Crippen LogP contribution in [0.5, 0.6) is 0 Å². The van der Waals surface area contributed by atoms with Crippen molar-refractivity contribution in [3.8, 4) is 0 Å². The summed E-state index contributed by atoms with van der Waals surface area (Å²) < 4.78 is 27.1. The molecule has 2 aromatic rings. The number of aryl methyl sites for hydroxylation is 1. The predicted octanol–water partition coefficient (Wildman–Crippen LogP) is 3.64. The van der Waals surface area contributed by atoms with Crippen molar-refractivity contribution in [1.29, 1.82) is 0 Å². The van der Waals surface area contributed by atoms with E-state index in [2.05, 4.69) is 0 Å². The molecule has 2 N–H and O–H groups in total. The van der Waals surface area contributed by atoms with E-state index in [4.69, 9.17) is 5.73 Å². The molecule has 0 amide bonds. The number of thiophene rings is 1. The SMILES string of the molecule is CCc1ccc(C(N)c2c(F)cccc2F)s1. The second-order valence-electron chi connectivity index (χ2n) is 3.77. The summed E-state index contributed by atoms with van der Waals surface area (Å²) in [6, 6.07) is 6.84. The Balaban J connectivity index is 2.39. The third-order valence-electron chi connectivity index (χ3n) is 2.65. The minimum Gasteiger partial charge on any atom is -0.319 e. The molecule has 0 saturated carbocycles. The second kappa shape index (κ2) is 4.94. The van der Waals surface area contributed by atoms with Crippen LogP contribution in [0.3, 0.4) is 0 Å². The van der Waals surface area contributed by atoms with E-state index < -0.39 is 17.7 Å². The average molecular weight is 253 g/mol. The Hall–Kier alpha value is -1.26. The van der Waals surface area contributed by atoms with Crippen molar-refractivity contribution < 1.29 is 8.78 Å². The number of benzene rings is 1. The van der Waals surface area contributed by atoms with Crippen molar-refractivity contribution in [2.75, 3.05) is 0 Å². The van der Waals surface area contributed by atoms with E-state index in [1.54, 1.807) is 0 Å². The highest BCUT2D eigenvalue weighted by Crippen LogP contribution is 2.29. The molecule has 1 atom stereocenters. The van der Waals surface area contributed by atoms with Gasteiger partial charge in [0.05, 0.1) is 6.04 Å². The molecule has 0 radical (unpaired) electrons. The number of halogens is 2. The second-order valence-corrected chi connectivity index (χ2v) is 4.97. The molecule has 0 aliphatic rings. The minimum atomic E-state index is -0.735. The third kappa shape index (κ3) is 2.37. The summed E-state index contributed by atoms with van der Waals surface area (Å²) in [5, 5.41) is 0. The van der Waals surface area contributed by atoms with Gasteiger partial charge < -0.3 is 5.73 Å². The number of hydrogen-bond acceptors (Lipinski definition) is 2. The van der Waals surface area contributed by atoms with Crippen LogP contribution in [0.1, 0.15) is 28.3 Å². The molecule has 0 aliphatic carbocycles. The highest BCUT2D eigenvalue weighted by molar-refractivity contribution is 7.12. The zero-order valence-electron chi connectivity index (χ0n) is 9.41. The molecule has 0 fully saturated rings. The summed E-state index contributed by atoms with van der Waals surface area (Å²) in [7, 11) is 0. The van der Waals surface area contributed by atoms with Crippen LogP contribution >= 0.6 is 11.3 Å². The van der Waals surface area contributed by atoms with Crippen LogP contribution in [0.15, 0.2) is 30.3 Å². The molecular weight excluding hydrogens is 240 g/mol. The molecule has 1 heterocycles. The monoisotopic (exact) mass is 253 g/mol. The first-order chi connectivity index (χ1) is 8.13. The lowest BCUT2D eigenvalue weighted by Gasteiger charge is -2.12. The maximum atomic E-state index is 13.6. The van der Waals surface area contributed by atoms with Crippen LogP contribution in [-0.4, -0.2) is 0 Å². The van der Waals surface area contributed by atoms with Gasteiger partial charge in [-0.3, -0.25) is 0 Å². The van der Waals surface area contributed by atoms with Crippen LogP contribution in [0, 0.1) is 11.6 Å². The Morgan fingerprint density at radius 2 is 1.82 bits per heavy atom. The van der Waals surface area contributed by atoms with Gasteiger partial charge in [-0.1, -0.05) is 13.0 Å². The van der Waals surface area contributed by atoms with Crippen molar-refractivity contribution in [3.05, 3.63) is 57.3 Å². The molecule has 0 aliphatic heterocycles. The van der Waals surface area contributed by atoms with Crippen LogP contribution in [0.2, 0.25) is 0 Å². The molecule has 90 valence electrons. The highest BCUT2D eigenvalue weighted by atomic mass is 32.1.